The van der Waals surface area contributed by atoms with Crippen molar-refractivity contribution in [2.24, 2.45) is 0 Å². The second-order valence-corrected chi connectivity index (χ2v) is 5.70. The largest absolute Gasteiger partial charge is 0.306 e. The minimum absolute atomic E-state index is 0.325. The lowest BCUT2D eigenvalue weighted by atomic mass is 10.0. The molecule has 0 aliphatic rings. The molecule has 0 unspecified atom stereocenters. The Hall–Kier alpha value is -1.87. The first-order valence-electron chi connectivity index (χ1n) is 7.45. The third-order valence-electron chi connectivity index (χ3n) is 3.99. The SMILES string of the molecule is C=CCn1cc(CN[C@@H](C)c2ccc(C)c(C)c2)c(C)n1. The molecule has 1 heterocycles. The van der Waals surface area contributed by atoms with E-state index in [9.17, 15) is 0 Å². The fourth-order valence-corrected chi connectivity index (χ4v) is 2.37. The van der Waals surface area contributed by atoms with E-state index < -0.39 is 0 Å². The fourth-order valence-electron chi connectivity index (χ4n) is 2.37. The summed E-state index contributed by atoms with van der Waals surface area (Å²) in [5.74, 6) is 0. The van der Waals surface area contributed by atoms with Gasteiger partial charge in [0.25, 0.3) is 0 Å². The highest BCUT2D eigenvalue weighted by Gasteiger charge is 2.09. The van der Waals surface area contributed by atoms with Crippen LogP contribution in [0.25, 0.3) is 0 Å². The lowest BCUT2D eigenvalue weighted by molar-refractivity contribution is 0.572. The molecular formula is C18H25N3. The van der Waals surface area contributed by atoms with Crippen LogP contribution in [-0.2, 0) is 13.1 Å². The van der Waals surface area contributed by atoms with Crippen LogP contribution in [0.4, 0.5) is 0 Å². The standard InChI is InChI=1S/C18H25N3/c1-6-9-21-12-18(16(5)20-21)11-19-15(4)17-8-7-13(2)14(3)10-17/h6-8,10,12,15,19H,1,9,11H2,2-5H3/t15-/m0/s1. The Bertz CT molecular complexity index is 625. The summed E-state index contributed by atoms with van der Waals surface area (Å²) < 4.78 is 1.93. The first-order chi connectivity index (χ1) is 10.0. The van der Waals surface area contributed by atoms with Crippen molar-refractivity contribution in [2.75, 3.05) is 0 Å². The number of rotatable bonds is 6. The van der Waals surface area contributed by atoms with Gasteiger partial charge in [-0.25, -0.2) is 0 Å². The first-order valence-corrected chi connectivity index (χ1v) is 7.45. The number of aromatic nitrogens is 2. The lowest BCUT2D eigenvalue weighted by Crippen LogP contribution is -2.18. The van der Waals surface area contributed by atoms with Crippen LogP contribution in [0, 0.1) is 20.8 Å². The maximum Gasteiger partial charge on any atom is 0.0638 e. The molecule has 0 aliphatic heterocycles. The lowest BCUT2D eigenvalue weighted by Gasteiger charge is -2.15. The molecule has 1 atom stereocenters. The van der Waals surface area contributed by atoms with E-state index in [4.69, 9.17) is 0 Å². The van der Waals surface area contributed by atoms with Crippen LogP contribution in [0.15, 0.2) is 37.1 Å². The minimum Gasteiger partial charge on any atom is -0.306 e. The van der Waals surface area contributed by atoms with Crippen LogP contribution in [0.3, 0.4) is 0 Å². The van der Waals surface area contributed by atoms with Gasteiger partial charge in [0.2, 0.25) is 0 Å². The fraction of sp³-hybridized carbons (Fsp3) is 0.389. The predicted octanol–water partition coefficient (Wildman–Crippen LogP) is 3.85. The Morgan fingerprint density at radius 3 is 2.71 bits per heavy atom. The Morgan fingerprint density at radius 1 is 1.29 bits per heavy atom. The second kappa shape index (κ2) is 6.72. The van der Waals surface area contributed by atoms with E-state index in [2.05, 4.69) is 69.1 Å². The highest BCUT2D eigenvalue weighted by atomic mass is 15.3. The zero-order valence-electron chi connectivity index (χ0n) is 13.5. The molecule has 0 spiro atoms. The van der Waals surface area contributed by atoms with Crippen molar-refractivity contribution in [3.05, 3.63) is 65.0 Å². The number of benzene rings is 1. The van der Waals surface area contributed by atoms with E-state index in [0.29, 0.717) is 6.04 Å². The summed E-state index contributed by atoms with van der Waals surface area (Å²) in [5.41, 5.74) is 6.34. The molecular weight excluding hydrogens is 258 g/mol. The monoisotopic (exact) mass is 283 g/mol. The summed E-state index contributed by atoms with van der Waals surface area (Å²) >= 11 is 0. The van der Waals surface area contributed by atoms with E-state index in [0.717, 1.165) is 18.8 Å². The summed E-state index contributed by atoms with van der Waals surface area (Å²) in [6.45, 7) is 13.9. The molecule has 0 fully saturated rings. The smallest absolute Gasteiger partial charge is 0.0638 e. The van der Waals surface area contributed by atoms with Crippen LogP contribution < -0.4 is 5.32 Å². The molecule has 112 valence electrons. The number of aryl methyl sites for hydroxylation is 3. The minimum atomic E-state index is 0.325. The van der Waals surface area contributed by atoms with E-state index >= 15 is 0 Å². The topological polar surface area (TPSA) is 29.9 Å². The van der Waals surface area contributed by atoms with Crippen molar-refractivity contribution >= 4 is 0 Å². The number of nitrogens with zero attached hydrogens (tertiary/aromatic N) is 2. The van der Waals surface area contributed by atoms with Gasteiger partial charge < -0.3 is 5.32 Å². The number of hydrogen-bond acceptors (Lipinski definition) is 2. The normalized spacial score (nSPS) is 12.4. The molecule has 1 aromatic heterocycles. The second-order valence-electron chi connectivity index (χ2n) is 5.70. The van der Waals surface area contributed by atoms with Gasteiger partial charge >= 0.3 is 0 Å². The maximum absolute atomic E-state index is 4.48. The summed E-state index contributed by atoms with van der Waals surface area (Å²) in [6.07, 6.45) is 3.96. The van der Waals surface area contributed by atoms with Gasteiger partial charge in [-0.15, -0.1) is 6.58 Å². The van der Waals surface area contributed by atoms with Gasteiger partial charge in [0.15, 0.2) is 0 Å². The molecule has 2 aromatic rings. The molecule has 3 nitrogen and oxygen atoms in total. The average Bonchev–Trinajstić information content (AvgIpc) is 2.80. The van der Waals surface area contributed by atoms with Gasteiger partial charge in [-0.05, 0) is 44.4 Å². The average molecular weight is 283 g/mol. The Morgan fingerprint density at radius 2 is 2.05 bits per heavy atom. The van der Waals surface area contributed by atoms with Crippen molar-refractivity contribution in [3.8, 4) is 0 Å². The summed E-state index contributed by atoms with van der Waals surface area (Å²) in [4.78, 5) is 0. The first kappa shape index (κ1) is 15.5. The highest BCUT2D eigenvalue weighted by Crippen LogP contribution is 2.17. The molecule has 0 saturated heterocycles. The molecule has 1 aromatic carbocycles. The van der Waals surface area contributed by atoms with Crippen LogP contribution in [0.2, 0.25) is 0 Å². The highest BCUT2D eigenvalue weighted by molar-refractivity contribution is 5.31. The Kier molecular flexibility index (Phi) is 4.97. The van der Waals surface area contributed by atoms with Crippen LogP contribution in [0.1, 0.15) is 40.9 Å². The molecule has 0 aliphatic carbocycles. The Labute approximate surface area is 127 Å². The van der Waals surface area contributed by atoms with Crippen molar-refractivity contribution in [1.29, 1.82) is 0 Å². The molecule has 0 saturated carbocycles. The van der Waals surface area contributed by atoms with Gasteiger partial charge in [0.05, 0.1) is 12.2 Å². The van der Waals surface area contributed by atoms with Crippen LogP contribution >= 0.6 is 0 Å². The predicted molar refractivity (Wildman–Crippen MR) is 88.3 cm³/mol. The molecule has 1 N–H and O–H groups in total. The van der Waals surface area contributed by atoms with Gasteiger partial charge in [0.1, 0.15) is 0 Å². The third kappa shape index (κ3) is 3.82. The van der Waals surface area contributed by atoms with Crippen molar-refractivity contribution in [2.45, 2.75) is 46.8 Å². The maximum atomic E-state index is 4.48. The van der Waals surface area contributed by atoms with Gasteiger partial charge in [-0.1, -0.05) is 24.3 Å². The van der Waals surface area contributed by atoms with Gasteiger partial charge in [0, 0.05) is 24.3 Å². The number of nitrogens with one attached hydrogen (secondary N) is 1. The van der Waals surface area contributed by atoms with E-state index in [-0.39, 0.29) is 0 Å². The molecule has 2 rings (SSSR count). The van der Waals surface area contributed by atoms with Crippen molar-refractivity contribution < 1.29 is 0 Å². The quantitative estimate of drug-likeness (QED) is 0.816. The van der Waals surface area contributed by atoms with E-state index in [1.165, 1.54) is 22.3 Å². The molecule has 0 amide bonds. The Balaban J connectivity index is 2.01. The zero-order chi connectivity index (χ0) is 15.4. The number of allylic oxidation sites excluding steroid dienone is 1. The van der Waals surface area contributed by atoms with Gasteiger partial charge in [-0.3, -0.25) is 4.68 Å². The third-order valence-corrected chi connectivity index (χ3v) is 3.99. The molecule has 21 heavy (non-hydrogen) atoms. The molecule has 3 heteroatoms. The summed E-state index contributed by atoms with van der Waals surface area (Å²) in [5, 5.41) is 8.06. The van der Waals surface area contributed by atoms with Crippen LogP contribution in [0.5, 0.6) is 0 Å². The number of hydrogen-bond donors (Lipinski definition) is 1. The van der Waals surface area contributed by atoms with Crippen molar-refractivity contribution in [3.63, 3.8) is 0 Å². The zero-order valence-corrected chi connectivity index (χ0v) is 13.5. The van der Waals surface area contributed by atoms with Crippen molar-refractivity contribution in [1.82, 2.24) is 15.1 Å². The molecule has 0 bridgehead atoms. The van der Waals surface area contributed by atoms with Gasteiger partial charge in [-0.2, -0.15) is 5.10 Å². The van der Waals surface area contributed by atoms with Crippen LogP contribution in [-0.4, -0.2) is 9.78 Å². The van der Waals surface area contributed by atoms with E-state index in [1.807, 2.05) is 10.8 Å². The van der Waals surface area contributed by atoms with E-state index in [1.54, 1.807) is 0 Å². The summed E-state index contributed by atoms with van der Waals surface area (Å²) in [7, 11) is 0. The summed E-state index contributed by atoms with van der Waals surface area (Å²) in [6, 6.07) is 6.98. The molecule has 0 radical (unpaired) electrons.